The Kier molecular flexibility index (Phi) is 7.75. The molecule has 0 saturated heterocycles. The number of benzene rings is 1. The molecule has 0 aliphatic rings. The predicted octanol–water partition coefficient (Wildman–Crippen LogP) is 4.14. The molecule has 1 atom stereocenters. The first-order chi connectivity index (χ1) is 8.69. The Morgan fingerprint density at radius 1 is 1.44 bits per heavy atom. The van der Waals surface area contributed by atoms with Crippen molar-refractivity contribution in [2.24, 2.45) is 0 Å². The highest BCUT2D eigenvalue weighted by molar-refractivity contribution is 7.99. The molecule has 0 aliphatic heterocycles. The summed E-state index contributed by atoms with van der Waals surface area (Å²) in [6, 6.07) is 6.62. The summed E-state index contributed by atoms with van der Waals surface area (Å²) in [7, 11) is 1.73. The second-order valence-corrected chi connectivity index (χ2v) is 5.73. The molecule has 0 radical (unpaired) electrons. The monoisotopic (exact) mass is 287 g/mol. The average molecular weight is 288 g/mol. The van der Waals surface area contributed by atoms with Gasteiger partial charge in [-0.3, -0.25) is 0 Å². The van der Waals surface area contributed by atoms with E-state index in [0.717, 1.165) is 30.3 Å². The summed E-state index contributed by atoms with van der Waals surface area (Å²) < 4.78 is 5.03. The number of methoxy groups -OCH3 is 1. The lowest BCUT2D eigenvalue weighted by atomic mass is 10.1. The quantitative estimate of drug-likeness (QED) is 0.573. The lowest BCUT2D eigenvalue weighted by molar-refractivity contribution is 0.200. The molecule has 0 amide bonds. The molecule has 0 aromatic heterocycles. The van der Waals surface area contributed by atoms with E-state index in [-0.39, 0.29) is 0 Å². The van der Waals surface area contributed by atoms with Gasteiger partial charge in [-0.05, 0) is 37.6 Å². The Bertz CT molecular complexity index is 360. The Hall–Kier alpha value is -0.220. The Balaban J connectivity index is 2.56. The van der Waals surface area contributed by atoms with Crippen LogP contribution in [0.3, 0.4) is 0 Å². The summed E-state index contributed by atoms with van der Waals surface area (Å²) in [6.07, 6.45) is 1.06. The SMILES string of the molecule is CCNC(C)c1ccc(SCCCOC)cc1Cl. The molecule has 1 aromatic rings. The lowest BCUT2D eigenvalue weighted by Gasteiger charge is -2.15. The van der Waals surface area contributed by atoms with E-state index in [1.165, 1.54) is 10.5 Å². The highest BCUT2D eigenvalue weighted by Gasteiger charge is 2.09. The molecule has 102 valence electrons. The maximum atomic E-state index is 6.32. The molecule has 0 aliphatic carbocycles. The molecule has 18 heavy (non-hydrogen) atoms. The Morgan fingerprint density at radius 3 is 2.83 bits per heavy atom. The van der Waals surface area contributed by atoms with Gasteiger partial charge >= 0.3 is 0 Å². The summed E-state index contributed by atoms with van der Waals surface area (Å²) in [5, 5.41) is 4.22. The average Bonchev–Trinajstić information content (AvgIpc) is 2.35. The second kappa shape index (κ2) is 8.81. The summed E-state index contributed by atoms with van der Waals surface area (Å²) in [5.41, 5.74) is 1.17. The number of halogens is 1. The molecular weight excluding hydrogens is 266 g/mol. The molecule has 0 heterocycles. The van der Waals surface area contributed by atoms with Crippen molar-refractivity contribution in [3.05, 3.63) is 28.8 Å². The van der Waals surface area contributed by atoms with Gasteiger partial charge in [0.05, 0.1) is 0 Å². The van der Waals surface area contributed by atoms with E-state index in [4.69, 9.17) is 16.3 Å². The van der Waals surface area contributed by atoms with Gasteiger partial charge in [-0.1, -0.05) is 24.6 Å². The summed E-state index contributed by atoms with van der Waals surface area (Å²) in [4.78, 5) is 1.23. The Morgan fingerprint density at radius 2 is 2.22 bits per heavy atom. The minimum Gasteiger partial charge on any atom is -0.385 e. The van der Waals surface area contributed by atoms with Gasteiger partial charge in [-0.2, -0.15) is 0 Å². The molecule has 1 aromatic carbocycles. The van der Waals surface area contributed by atoms with Gasteiger partial charge in [-0.15, -0.1) is 11.8 Å². The van der Waals surface area contributed by atoms with Crippen LogP contribution in [0.4, 0.5) is 0 Å². The van der Waals surface area contributed by atoms with Crippen LogP contribution in [0.1, 0.15) is 31.9 Å². The van der Waals surface area contributed by atoms with Gasteiger partial charge < -0.3 is 10.1 Å². The van der Waals surface area contributed by atoms with Crippen molar-refractivity contribution in [3.8, 4) is 0 Å². The third-order valence-corrected chi connectivity index (χ3v) is 4.12. The minimum absolute atomic E-state index is 0.301. The zero-order valence-electron chi connectivity index (χ0n) is 11.3. The van der Waals surface area contributed by atoms with Crippen LogP contribution >= 0.6 is 23.4 Å². The fraction of sp³-hybridized carbons (Fsp3) is 0.571. The number of rotatable bonds is 8. The van der Waals surface area contributed by atoms with Crippen LogP contribution in [0, 0.1) is 0 Å². The summed E-state index contributed by atoms with van der Waals surface area (Å²) in [6.45, 7) is 6.00. The third kappa shape index (κ3) is 5.19. The van der Waals surface area contributed by atoms with E-state index >= 15 is 0 Å². The number of ether oxygens (including phenoxy) is 1. The highest BCUT2D eigenvalue weighted by Crippen LogP contribution is 2.28. The van der Waals surface area contributed by atoms with Crippen molar-refractivity contribution in [2.75, 3.05) is 26.0 Å². The zero-order chi connectivity index (χ0) is 13.4. The van der Waals surface area contributed by atoms with Crippen LogP contribution in [0.25, 0.3) is 0 Å². The fourth-order valence-electron chi connectivity index (χ4n) is 1.76. The normalized spacial score (nSPS) is 12.7. The van der Waals surface area contributed by atoms with Crippen molar-refractivity contribution in [2.45, 2.75) is 31.2 Å². The van der Waals surface area contributed by atoms with E-state index in [0.29, 0.717) is 6.04 Å². The molecule has 0 fully saturated rings. The number of hydrogen-bond acceptors (Lipinski definition) is 3. The number of nitrogens with one attached hydrogen (secondary N) is 1. The molecule has 2 nitrogen and oxygen atoms in total. The number of hydrogen-bond donors (Lipinski definition) is 1. The molecular formula is C14H22ClNOS. The molecule has 0 saturated carbocycles. The third-order valence-electron chi connectivity index (χ3n) is 2.71. The molecule has 0 bridgehead atoms. The zero-order valence-corrected chi connectivity index (χ0v) is 12.9. The minimum atomic E-state index is 0.301. The molecule has 1 rings (SSSR count). The van der Waals surface area contributed by atoms with E-state index < -0.39 is 0 Å². The molecule has 0 spiro atoms. The Labute approximate surface area is 119 Å². The van der Waals surface area contributed by atoms with Crippen LogP contribution in [0.15, 0.2) is 23.1 Å². The smallest absolute Gasteiger partial charge is 0.0470 e. The van der Waals surface area contributed by atoms with Crippen LogP contribution in [-0.4, -0.2) is 26.0 Å². The van der Waals surface area contributed by atoms with Crippen LogP contribution in [0.2, 0.25) is 5.02 Å². The van der Waals surface area contributed by atoms with E-state index in [1.54, 1.807) is 7.11 Å². The predicted molar refractivity (Wildman–Crippen MR) is 80.8 cm³/mol. The largest absolute Gasteiger partial charge is 0.385 e. The first kappa shape index (κ1) is 15.8. The van der Waals surface area contributed by atoms with E-state index in [9.17, 15) is 0 Å². The standard InChI is InChI=1S/C14H22ClNOS/c1-4-16-11(2)13-7-6-12(10-14(13)15)18-9-5-8-17-3/h6-7,10-11,16H,4-5,8-9H2,1-3H3. The molecule has 1 unspecified atom stereocenters. The summed E-state index contributed by atoms with van der Waals surface area (Å²) in [5.74, 6) is 1.06. The topological polar surface area (TPSA) is 21.3 Å². The number of thioether (sulfide) groups is 1. The first-order valence-electron chi connectivity index (χ1n) is 6.33. The van der Waals surface area contributed by atoms with Crippen molar-refractivity contribution in [1.82, 2.24) is 5.32 Å². The maximum Gasteiger partial charge on any atom is 0.0470 e. The van der Waals surface area contributed by atoms with Gasteiger partial charge in [-0.25, -0.2) is 0 Å². The maximum absolute atomic E-state index is 6.32. The van der Waals surface area contributed by atoms with Crippen molar-refractivity contribution in [1.29, 1.82) is 0 Å². The molecule has 4 heteroatoms. The van der Waals surface area contributed by atoms with Crippen LogP contribution in [0.5, 0.6) is 0 Å². The van der Waals surface area contributed by atoms with Crippen molar-refractivity contribution in [3.63, 3.8) is 0 Å². The van der Waals surface area contributed by atoms with Crippen molar-refractivity contribution >= 4 is 23.4 Å². The van der Waals surface area contributed by atoms with Gasteiger partial charge in [0.15, 0.2) is 0 Å². The second-order valence-electron chi connectivity index (χ2n) is 4.16. The lowest BCUT2D eigenvalue weighted by Crippen LogP contribution is -2.17. The van der Waals surface area contributed by atoms with Crippen molar-refractivity contribution < 1.29 is 4.74 Å². The van der Waals surface area contributed by atoms with Gasteiger partial charge in [0.2, 0.25) is 0 Å². The first-order valence-corrected chi connectivity index (χ1v) is 7.70. The van der Waals surface area contributed by atoms with Gasteiger partial charge in [0, 0.05) is 35.4 Å². The van der Waals surface area contributed by atoms with Gasteiger partial charge in [0.25, 0.3) is 0 Å². The summed E-state index contributed by atoms with van der Waals surface area (Å²) >= 11 is 8.15. The van der Waals surface area contributed by atoms with E-state index in [1.807, 2.05) is 11.8 Å². The fourth-order valence-corrected chi connectivity index (χ4v) is 3.03. The van der Waals surface area contributed by atoms with Crippen LogP contribution in [-0.2, 0) is 4.74 Å². The van der Waals surface area contributed by atoms with Gasteiger partial charge in [0.1, 0.15) is 0 Å². The highest BCUT2D eigenvalue weighted by atomic mass is 35.5. The molecule has 1 N–H and O–H groups in total. The van der Waals surface area contributed by atoms with Crippen LogP contribution < -0.4 is 5.32 Å². The van der Waals surface area contributed by atoms with E-state index in [2.05, 4.69) is 37.4 Å².